The average Bonchev–Trinajstić information content (AvgIpc) is 2.34. The van der Waals surface area contributed by atoms with E-state index in [4.69, 9.17) is 5.26 Å². The van der Waals surface area contributed by atoms with E-state index in [1.807, 2.05) is 18.2 Å². The molecule has 1 aromatic rings. The topological polar surface area (TPSA) is 27.0 Å². The third kappa shape index (κ3) is 14.7. The first-order valence-electron chi connectivity index (χ1n) is 6.20. The lowest BCUT2D eigenvalue weighted by Gasteiger charge is -2.13. The van der Waals surface area contributed by atoms with Gasteiger partial charge in [0.1, 0.15) is 0 Å². The Morgan fingerprint density at radius 2 is 1.35 bits per heavy atom. The summed E-state index contributed by atoms with van der Waals surface area (Å²) in [6.07, 6.45) is 0. The smallest absolute Gasteiger partial charge is 0.0587 e. The molecule has 1 aromatic carbocycles. The van der Waals surface area contributed by atoms with Crippen molar-refractivity contribution in [1.29, 1.82) is 5.26 Å². The predicted molar refractivity (Wildman–Crippen MR) is 75.9 cm³/mol. The number of aryl methyl sites for hydroxylation is 1. The van der Waals surface area contributed by atoms with Gasteiger partial charge >= 0.3 is 0 Å². The zero-order chi connectivity index (χ0) is 13.5. The zero-order valence-corrected chi connectivity index (χ0v) is 11.9. The summed E-state index contributed by atoms with van der Waals surface area (Å²) in [5.74, 6) is 0. The van der Waals surface area contributed by atoms with Crippen LogP contribution in [-0.4, -0.2) is 24.5 Å². The fourth-order valence-corrected chi connectivity index (χ4v) is 1.21. The highest BCUT2D eigenvalue weighted by molar-refractivity contribution is 5.11. The lowest BCUT2D eigenvalue weighted by Crippen LogP contribution is -2.21. The number of benzene rings is 1. The molecular weight excluding hydrogens is 208 g/mol. The van der Waals surface area contributed by atoms with Crippen LogP contribution in [0.2, 0.25) is 0 Å². The van der Waals surface area contributed by atoms with Gasteiger partial charge in [0.2, 0.25) is 0 Å². The second-order valence-electron chi connectivity index (χ2n) is 3.50. The molecule has 0 unspecified atom stereocenters. The van der Waals surface area contributed by atoms with Crippen molar-refractivity contribution < 1.29 is 0 Å². The van der Waals surface area contributed by atoms with Gasteiger partial charge in [-0.3, -0.25) is 0 Å². The van der Waals surface area contributed by atoms with E-state index in [9.17, 15) is 0 Å². The maximum Gasteiger partial charge on any atom is 0.0587 e. The van der Waals surface area contributed by atoms with Gasteiger partial charge in [0.15, 0.2) is 0 Å². The molecule has 1 rings (SSSR count). The van der Waals surface area contributed by atoms with Gasteiger partial charge in [0, 0.05) is 6.92 Å². The number of nitrogens with zero attached hydrogens (tertiary/aromatic N) is 2. The van der Waals surface area contributed by atoms with Crippen LogP contribution in [0.15, 0.2) is 30.3 Å². The summed E-state index contributed by atoms with van der Waals surface area (Å²) in [6, 6.07) is 12.0. The summed E-state index contributed by atoms with van der Waals surface area (Å²) < 4.78 is 0. The molecular formula is C15H26N2. The van der Waals surface area contributed by atoms with Gasteiger partial charge in [-0.25, -0.2) is 0 Å². The molecule has 0 aliphatic heterocycles. The predicted octanol–water partition coefficient (Wildman–Crippen LogP) is 3.87. The van der Waals surface area contributed by atoms with E-state index in [-0.39, 0.29) is 0 Å². The maximum absolute atomic E-state index is 7.32. The van der Waals surface area contributed by atoms with Crippen molar-refractivity contribution in [3.63, 3.8) is 0 Å². The molecule has 0 aromatic heterocycles. The highest BCUT2D eigenvalue weighted by Gasteiger charge is 1.89. The molecule has 0 aliphatic carbocycles. The monoisotopic (exact) mass is 234 g/mol. The lowest BCUT2D eigenvalue weighted by atomic mass is 10.2. The van der Waals surface area contributed by atoms with E-state index >= 15 is 0 Å². The van der Waals surface area contributed by atoms with Gasteiger partial charge in [-0.2, -0.15) is 5.26 Å². The normalized spacial score (nSPS) is 8.29. The largest absolute Gasteiger partial charge is 0.304 e. The van der Waals surface area contributed by atoms with Crippen LogP contribution in [0, 0.1) is 18.3 Å². The number of nitriles is 1. The van der Waals surface area contributed by atoms with Crippen molar-refractivity contribution in [3.8, 4) is 6.07 Å². The minimum Gasteiger partial charge on any atom is -0.304 e. The molecule has 0 heterocycles. The summed E-state index contributed by atoms with van der Waals surface area (Å²) in [7, 11) is 0. The molecule has 0 amide bonds. The van der Waals surface area contributed by atoms with Crippen LogP contribution in [-0.2, 0) is 0 Å². The van der Waals surface area contributed by atoms with Gasteiger partial charge in [-0.05, 0) is 26.6 Å². The summed E-state index contributed by atoms with van der Waals surface area (Å²) in [5.41, 5.74) is 1.32. The third-order valence-electron chi connectivity index (χ3n) is 2.28. The van der Waals surface area contributed by atoms with Gasteiger partial charge in [-0.1, -0.05) is 56.7 Å². The first-order chi connectivity index (χ1) is 8.15. The Morgan fingerprint density at radius 1 is 1.00 bits per heavy atom. The van der Waals surface area contributed by atoms with Crippen molar-refractivity contribution in [2.24, 2.45) is 0 Å². The van der Waals surface area contributed by atoms with Gasteiger partial charge < -0.3 is 4.90 Å². The maximum atomic E-state index is 7.32. The van der Waals surface area contributed by atoms with Crippen molar-refractivity contribution in [2.45, 2.75) is 34.6 Å². The molecule has 2 nitrogen and oxygen atoms in total. The van der Waals surface area contributed by atoms with Crippen LogP contribution in [0.1, 0.15) is 33.3 Å². The van der Waals surface area contributed by atoms with E-state index in [0.29, 0.717) is 0 Å². The molecule has 0 saturated heterocycles. The van der Waals surface area contributed by atoms with Crippen LogP contribution in [0.3, 0.4) is 0 Å². The second-order valence-corrected chi connectivity index (χ2v) is 3.50. The van der Waals surface area contributed by atoms with Crippen molar-refractivity contribution in [1.82, 2.24) is 4.90 Å². The summed E-state index contributed by atoms with van der Waals surface area (Å²) in [5, 5.41) is 7.32. The van der Waals surface area contributed by atoms with E-state index in [0.717, 1.165) is 0 Å². The Morgan fingerprint density at radius 3 is 1.47 bits per heavy atom. The molecule has 0 fully saturated rings. The molecule has 0 atom stereocenters. The zero-order valence-electron chi connectivity index (χ0n) is 11.9. The molecule has 0 bridgehead atoms. The Kier molecular flexibility index (Phi) is 15.6. The molecule has 0 radical (unpaired) electrons. The third-order valence-corrected chi connectivity index (χ3v) is 2.28. The van der Waals surface area contributed by atoms with Crippen LogP contribution in [0.4, 0.5) is 0 Å². The van der Waals surface area contributed by atoms with Gasteiger partial charge in [0.05, 0.1) is 6.07 Å². The van der Waals surface area contributed by atoms with E-state index in [2.05, 4.69) is 44.7 Å². The summed E-state index contributed by atoms with van der Waals surface area (Å²) in [6.45, 7) is 13.6. The fourth-order valence-electron chi connectivity index (χ4n) is 1.21. The second kappa shape index (κ2) is 14.7. The SMILES string of the molecule is CC#N.CCN(CC)CC.Cc1ccccc1. The quantitative estimate of drug-likeness (QED) is 0.793. The average molecular weight is 234 g/mol. The van der Waals surface area contributed by atoms with Gasteiger partial charge in [0.25, 0.3) is 0 Å². The van der Waals surface area contributed by atoms with E-state index in [1.54, 1.807) is 6.07 Å². The van der Waals surface area contributed by atoms with Crippen molar-refractivity contribution in [2.75, 3.05) is 19.6 Å². The minimum atomic E-state index is 1.19. The highest BCUT2D eigenvalue weighted by Crippen LogP contribution is 1.92. The summed E-state index contributed by atoms with van der Waals surface area (Å²) >= 11 is 0. The van der Waals surface area contributed by atoms with Gasteiger partial charge in [-0.15, -0.1) is 0 Å². The fraction of sp³-hybridized carbons (Fsp3) is 0.533. The molecule has 0 saturated carbocycles. The first kappa shape index (κ1) is 18.0. The van der Waals surface area contributed by atoms with Crippen molar-refractivity contribution in [3.05, 3.63) is 35.9 Å². The number of hydrogen-bond donors (Lipinski definition) is 0. The van der Waals surface area contributed by atoms with Crippen LogP contribution in [0.25, 0.3) is 0 Å². The molecule has 96 valence electrons. The van der Waals surface area contributed by atoms with Crippen LogP contribution >= 0.6 is 0 Å². The molecule has 0 aliphatic rings. The van der Waals surface area contributed by atoms with E-state index in [1.165, 1.54) is 32.1 Å². The molecule has 17 heavy (non-hydrogen) atoms. The Bertz CT molecular complexity index is 265. The van der Waals surface area contributed by atoms with E-state index < -0.39 is 0 Å². The van der Waals surface area contributed by atoms with Crippen molar-refractivity contribution >= 4 is 0 Å². The Balaban J connectivity index is 0. The first-order valence-corrected chi connectivity index (χ1v) is 6.20. The summed E-state index contributed by atoms with van der Waals surface area (Å²) in [4.78, 5) is 2.38. The molecule has 0 N–H and O–H groups in total. The standard InChI is InChI=1S/C7H8.C6H15N.C2H3N/c1-7-5-3-2-4-6-7;1-4-7(5-2)6-3;1-2-3/h2-6H,1H3;4-6H2,1-3H3;1H3. The number of hydrogen-bond acceptors (Lipinski definition) is 2. The Labute approximate surface area is 107 Å². The Hall–Kier alpha value is -1.33. The molecule has 0 spiro atoms. The minimum absolute atomic E-state index is 1.19. The van der Waals surface area contributed by atoms with Crippen LogP contribution < -0.4 is 0 Å². The molecule has 2 heteroatoms. The highest BCUT2D eigenvalue weighted by atomic mass is 15.1. The lowest BCUT2D eigenvalue weighted by molar-refractivity contribution is 0.321. The van der Waals surface area contributed by atoms with Crippen LogP contribution in [0.5, 0.6) is 0 Å². The number of rotatable bonds is 3.